The molecule has 0 aliphatic carbocycles. The van der Waals surface area contributed by atoms with Crippen LogP contribution in [-0.4, -0.2) is 4.32 Å². The van der Waals surface area contributed by atoms with Gasteiger partial charge in [-0.1, -0.05) is 4.32 Å². The zero-order valence-electron chi connectivity index (χ0n) is 8.31. The van der Waals surface area contributed by atoms with Crippen LogP contribution in [0.25, 0.3) is 0 Å². The van der Waals surface area contributed by atoms with E-state index in [1.807, 2.05) is 0 Å². The van der Waals surface area contributed by atoms with E-state index in [9.17, 15) is 0 Å². The summed E-state index contributed by atoms with van der Waals surface area (Å²) in [5.74, 6) is 0.810. The Morgan fingerprint density at radius 2 is 2.00 bits per heavy atom. The van der Waals surface area contributed by atoms with Gasteiger partial charge in [0, 0.05) is 0 Å². The predicted octanol–water partition coefficient (Wildman–Crippen LogP) is 2.94. The van der Waals surface area contributed by atoms with Crippen LogP contribution in [0.15, 0.2) is 0 Å². The standard InChI is InChI=1S/C8H17.CH3NS2.Cu/c1-4-6-7-8(3)5-2;2-1(3)4;/h8H,3-7H2,1-2H3;(H3,2,3,4);/q;;+1/p-1. The van der Waals surface area contributed by atoms with Crippen molar-refractivity contribution in [2.45, 2.75) is 44.9 Å². The van der Waals surface area contributed by atoms with Crippen LogP contribution in [-0.2, 0) is 28.6 Å². The van der Waals surface area contributed by atoms with Gasteiger partial charge in [-0.2, -0.15) is 0 Å². The number of rotatable bonds is 5. The van der Waals surface area contributed by atoms with Gasteiger partial charge in [0.25, 0.3) is 0 Å². The van der Waals surface area contributed by atoms with Crippen LogP contribution in [0.2, 0.25) is 5.32 Å². The van der Waals surface area contributed by atoms with E-state index < -0.39 is 0 Å². The molecule has 0 radical (unpaired) electrons. The van der Waals surface area contributed by atoms with Gasteiger partial charge in [0.15, 0.2) is 0 Å². The Morgan fingerprint density at radius 3 is 2.23 bits per heavy atom. The van der Waals surface area contributed by atoms with Crippen molar-refractivity contribution in [2.24, 2.45) is 11.7 Å². The fraction of sp³-hybridized carbons (Fsp3) is 0.889. The Morgan fingerprint density at radius 1 is 1.54 bits per heavy atom. The van der Waals surface area contributed by atoms with Crippen molar-refractivity contribution in [1.82, 2.24) is 0 Å². The Balaban J connectivity index is 0. The molecule has 0 amide bonds. The van der Waals surface area contributed by atoms with Crippen LogP contribution in [0, 0.1) is 5.92 Å². The molecule has 1 atom stereocenters. The maximum atomic E-state index is 5.12. The molecule has 0 aromatic carbocycles. The maximum absolute atomic E-state index is 5.12. The molecule has 0 spiro atoms. The molecule has 1 unspecified atom stereocenters. The molecule has 83 valence electrons. The minimum absolute atomic E-state index is 0.0833. The minimum atomic E-state index is 0.0833. The number of nitrogens with two attached hydrogens (primary N) is 1. The van der Waals surface area contributed by atoms with Gasteiger partial charge in [-0.05, 0) is 0 Å². The van der Waals surface area contributed by atoms with Crippen LogP contribution < -0.4 is 5.73 Å². The summed E-state index contributed by atoms with van der Waals surface area (Å²) in [6.07, 6.45) is 5.26. The van der Waals surface area contributed by atoms with Gasteiger partial charge in [0.2, 0.25) is 0 Å². The van der Waals surface area contributed by atoms with E-state index in [2.05, 4.69) is 44.4 Å². The van der Waals surface area contributed by atoms with Crippen molar-refractivity contribution >= 4 is 29.2 Å². The summed E-state index contributed by atoms with van der Waals surface area (Å²) in [4.78, 5) is 0. The van der Waals surface area contributed by atoms with E-state index in [4.69, 9.17) is 16.0 Å². The van der Waals surface area contributed by atoms with Crippen molar-refractivity contribution in [2.75, 3.05) is 0 Å². The monoisotopic (exact) mass is 268 g/mol. The first-order valence-electron chi connectivity index (χ1n) is 4.55. The first-order valence-corrected chi connectivity index (χ1v) is 6.03. The topological polar surface area (TPSA) is 26.0 Å². The van der Waals surface area contributed by atoms with Gasteiger partial charge in [0.1, 0.15) is 0 Å². The number of hydrogen-bond acceptors (Lipinski definition) is 2. The third-order valence-corrected chi connectivity index (χ3v) is 2.26. The van der Waals surface area contributed by atoms with Gasteiger partial charge < -0.3 is 30.6 Å². The molecule has 0 aromatic heterocycles. The van der Waals surface area contributed by atoms with E-state index in [-0.39, 0.29) is 4.32 Å². The van der Waals surface area contributed by atoms with Gasteiger partial charge in [-0.15, -0.1) is 0 Å². The summed E-state index contributed by atoms with van der Waals surface area (Å²) in [7, 11) is 0. The molecule has 1 nitrogen and oxygen atoms in total. The Hall–Kier alpha value is 0.629. The molecule has 0 heterocycles. The summed E-state index contributed by atoms with van der Waals surface area (Å²) in [6, 6.07) is 0. The average Bonchev–Trinajstić information content (AvgIpc) is 2.06. The number of thiocarbonyl (C=S) groups is 1. The van der Waals surface area contributed by atoms with Crippen molar-refractivity contribution in [3.63, 3.8) is 0 Å². The average molecular weight is 269 g/mol. The molecule has 13 heavy (non-hydrogen) atoms. The SMILES string of the molecule is CCCCC(CC)[CH2][Cu+].NC(=S)[S-]. The van der Waals surface area contributed by atoms with Crippen LogP contribution in [0.5, 0.6) is 0 Å². The molecule has 0 aliphatic rings. The number of unbranched alkanes of at least 4 members (excludes halogenated alkanes) is 1. The second-order valence-corrected chi connectivity index (χ2v) is 4.38. The van der Waals surface area contributed by atoms with Crippen LogP contribution >= 0.6 is 12.2 Å². The maximum Gasteiger partial charge on any atom is -0.0708 e. The molecule has 0 aliphatic heterocycles. The molecular formula is C9H19CuNS2. The predicted molar refractivity (Wildman–Crippen MR) is 62.3 cm³/mol. The molecule has 2 N–H and O–H groups in total. The minimum Gasteiger partial charge on any atom is -0.415 e. The van der Waals surface area contributed by atoms with E-state index in [0.29, 0.717) is 0 Å². The molecule has 0 bridgehead atoms. The van der Waals surface area contributed by atoms with Gasteiger partial charge in [0.05, 0.1) is 0 Å². The molecule has 0 saturated heterocycles. The van der Waals surface area contributed by atoms with Crippen molar-refractivity contribution < 1.29 is 16.0 Å². The van der Waals surface area contributed by atoms with Crippen LogP contribution in [0.4, 0.5) is 0 Å². The summed E-state index contributed by atoms with van der Waals surface area (Å²) < 4.78 is 0.0833. The zero-order valence-corrected chi connectivity index (χ0v) is 10.9. The normalized spacial score (nSPS) is 11.4. The summed E-state index contributed by atoms with van der Waals surface area (Å²) in [5, 5.41) is 0.934. The molecular weight excluding hydrogens is 250 g/mol. The second kappa shape index (κ2) is 12.6. The summed E-state index contributed by atoms with van der Waals surface area (Å²) in [5.41, 5.74) is 4.66. The third-order valence-electron chi connectivity index (χ3n) is 1.72. The largest absolute Gasteiger partial charge is 0.415 e. The zero-order chi connectivity index (χ0) is 10.7. The fourth-order valence-electron chi connectivity index (χ4n) is 0.846. The molecule has 0 aromatic rings. The molecule has 0 fully saturated rings. The van der Waals surface area contributed by atoms with E-state index >= 15 is 0 Å². The van der Waals surface area contributed by atoms with Crippen LogP contribution in [0.3, 0.4) is 0 Å². The molecule has 4 heteroatoms. The summed E-state index contributed by atoms with van der Waals surface area (Å²) in [6.45, 7) is 4.46. The van der Waals surface area contributed by atoms with Crippen LogP contribution in [0.1, 0.15) is 39.5 Å². The third kappa shape index (κ3) is 19.2. The first-order chi connectivity index (χ1) is 6.08. The number of hydrogen-bond donors (Lipinski definition) is 1. The van der Waals surface area contributed by atoms with Gasteiger partial charge >= 0.3 is 66.8 Å². The Labute approximate surface area is 101 Å². The molecule has 0 rings (SSSR count). The van der Waals surface area contributed by atoms with Crippen molar-refractivity contribution in [3.05, 3.63) is 0 Å². The second-order valence-electron chi connectivity index (χ2n) is 2.86. The fourth-order valence-corrected chi connectivity index (χ4v) is 1.31. The van der Waals surface area contributed by atoms with Crippen molar-refractivity contribution in [1.29, 1.82) is 0 Å². The van der Waals surface area contributed by atoms with Gasteiger partial charge in [-0.25, -0.2) is 0 Å². The quantitative estimate of drug-likeness (QED) is 0.472. The van der Waals surface area contributed by atoms with E-state index in [0.717, 1.165) is 11.2 Å². The first kappa shape index (κ1) is 16.1. The summed E-state index contributed by atoms with van der Waals surface area (Å²) >= 11 is 13.4. The van der Waals surface area contributed by atoms with E-state index in [1.165, 1.54) is 25.7 Å². The molecule has 0 saturated carbocycles. The van der Waals surface area contributed by atoms with E-state index in [1.54, 1.807) is 0 Å². The Kier molecular flexibility index (Phi) is 15.6. The van der Waals surface area contributed by atoms with Gasteiger partial charge in [-0.3, -0.25) is 0 Å². The van der Waals surface area contributed by atoms with Crippen molar-refractivity contribution in [3.8, 4) is 0 Å². The smallest absolute Gasteiger partial charge is 0.0708 e. The Bertz CT molecular complexity index is 112.